The second-order valence-corrected chi connectivity index (χ2v) is 8.75. The van der Waals surface area contributed by atoms with Crippen LogP contribution in [0.1, 0.15) is 38.9 Å². The zero-order chi connectivity index (χ0) is 29.7. The van der Waals surface area contributed by atoms with Crippen molar-refractivity contribution < 1.29 is 75.3 Å². The number of methoxy groups -OCH3 is 1. The molecule has 216 valence electrons. The molecular formula is C20H19F15O2. The summed E-state index contributed by atoms with van der Waals surface area (Å²) in [5, 5.41) is 0. The number of hydrogen-bond donors (Lipinski definition) is 0. The van der Waals surface area contributed by atoms with Gasteiger partial charge in [-0.3, -0.25) is 0 Å². The lowest BCUT2D eigenvalue weighted by Crippen LogP contribution is -2.72. The maximum Gasteiger partial charge on any atom is 0.460 e. The van der Waals surface area contributed by atoms with Crippen molar-refractivity contribution in [1.82, 2.24) is 0 Å². The Morgan fingerprint density at radius 3 is 1.43 bits per heavy atom. The molecule has 0 spiro atoms. The van der Waals surface area contributed by atoms with Crippen molar-refractivity contribution in [3.8, 4) is 5.75 Å². The highest BCUT2D eigenvalue weighted by molar-refractivity contribution is 5.36. The average molecular weight is 576 g/mol. The van der Waals surface area contributed by atoms with Crippen LogP contribution < -0.4 is 4.74 Å². The minimum Gasteiger partial charge on any atom is -0.488 e. The van der Waals surface area contributed by atoms with Crippen molar-refractivity contribution in [1.29, 1.82) is 0 Å². The van der Waals surface area contributed by atoms with Gasteiger partial charge in [0.25, 0.3) is 0 Å². The molecule has 0 heterocycles. The number of rotatable bonds is 10. The first-order valence-corrected chi connectivity index (χ1v) is 9.76. The zero-order valence-corrected chi connectivity index (χ0v) is 19.1. The fraction of sp³-hybridized carbons (Fsp3) is 0.700. The number of para-hydroxylation sites is 1. The van der Waals surface area contributed by atoms with Gasteiger partial charge in [-0.2, -0.15) is 65.9 Å². The lowest BCUT2D eigenvalue weighted by Gasteiger charge is -2.42. The molecule has 1 aromatic rings. The Bertz CT molecular complexity index is 932. The summed E-state index contributed by atoms with van der Waals surface area (Å²) in [4.78, 5) is 0. The van der Waals surface area contributed by atoms with Crippen LogP contribution in [0.15, 0.2) is 24.3 Å². The van der Waals surface area contributed by atoms with Crippen molar-refractivity contribution in [2.45, 2.75) is 80.6 Å². The molecule has 2 nitrogen and oxygen atoms in total. The highest BCUT2D eigenvalue weighted by atomic mass is 19.4. The largest absolute Gasteiger partial charge is 0.488 e. The summed E-state index contributed by atoms with van der Waals surface area (Å²) in [5.74, 6) is -47.2. The van der Waals surface area contributed by atoms with Crippen LogP contribution in [0.5, 0.6) is 5.75 Å². The third kappa shape index (κ3) is 5.55. The second-order valence-electron chi connectivity index (χ2n) is 8.75. The van der Waals surface area contributed by atoms with E-state index in [-0.39, 0.29) is 5.75 Å². The summed E-state index contributed by atoms with van der Waals surface area (Å²) in [5.41, 5.74) is -1.59. The fourth-order valence-corrected chi connectivity index (χ4v) is 2.85. The van der Waals surface area contributed by atoms with Crippen molar-refractivity contribution in [3.63, 3.8) is 0 Å². The van der Waals surface area contributed by atoms with Gasteiger partial charge in [-0.05, 0) is 26.8 Å². The zero-order valence-electron chi connectivity index (χ0n) is 19.1. The lowest BCUT2D eigenvalue weighted by molar-refractivity contribution is -0.453. The van der Waals surface area contributed by atoms with E-state index in [1.54, 1.807) is 0 Å². The van der Waals surface area contributed by atoms with Gasteiger partial charge in [0.1, 0.15) is 11.4 Å². The van der Waals surface area contributed by atoms with E-state index in [0.717, 1.165) is 18.2 Å². The Balaban J connectivity index is 3.56. The van der Waals surface area contributed by atoms with E-state index in [1.165, 1.54) is 26.8 Å². The summed E-state index contributed by atoms with van der Waals surface area (Å²) in [6, 6.07) is 4.36. The molecule has 0 saturated carbocycles. The topological polar surface area (TPSA) is 18.5 Å². The minimum atomic E-state index is -8.33. The summed E-state index contributed by atoms with van der Waals surface area (Å²) in [7, 11) is 0.581. The molecule has 0 N–H and O–H groups in total. The van der Waals surface area contributed by atoms with Crippen LogP contribution in [0.2, 0.25) is 0 Å². The molecule has 0 aromatic heterocycles. The third-order valence-electron chi connectivity index (χ3n) is 4.80. The third-order valence-corrected chi connectivity index (χ3v) is 4.80. The first-order chi connectivity index (χ1) is 16.1. The Kier molecular flexibility index (Phi) is 8.55. The standard InChI is InChI=1S/C20H19F15O2/c1-13(2,3)37-11-8-6-5-7-10(11)12(36-4)9-14(21,22)15(23,24)16(25,26)17(27,28)18(29,30)19(31,32)20(33,34)35/h5-8,12H,9H2,1-4H3. The Morgan fingerprint density at radius 1 is 0.622 bits per heavy atom. The monoisotopic (exact) mass is 576 g/mol. The van der Waals surface area contributed by atoms with Gasteiger partial charge in [0.05, 0.1) is 6.10 Å². The summed E-state index contributed by atoms with van der Waals surface area (Å²) < 4.78 is 211. The normalized spacial score (nSPS) is 16.1. The van der Waals surface area contributed by atoms with E-state index in [4.69, 9.17) is 4.74 Å². The molecule has 0 saturated heterocycles. The van der Waals surface area contributed by atoms with Gasteiger partial charge in [0, 0.05) is 19.1 Å². The summed E-state index contributed by atoms with van der Waals surface area (Å²) in [6.45, 7) is 4.32. The van der Waals surface area contributed by atoms with E-state index in [0.29, 0.717) is 7.11 Å². The van der Waals surface area contributed by atoms with Gasteiger partial charge >= 0.3 is 41.7 Å². The Morgan fingerprint density at radius 2 is 1.03 bits per heavy atom. The van der Waals surface area contributed by atoms with Crippen LogP contribution in [-0.4, -0.2) is 54.4 Å². The highest BCUT2D eigenvalue weighted by Gasteiger charge is 2.93. The molecule has 0 bridgehead atoms. The van der Waals surface area contributed by atoms with E-state index in [2.05, 4.69) is 4.74 Å². The number of ether oxygens (including phenoxy) is 2. The molecule has 0 aliphatic rings. The van der Waals surface area contributed by atoms with Gasteiger partial charge < -0.3 is 9.47 Å². The van der Waals surface area contributed by atoms with Gasteiger partial charge in [0.15, 0.2) is 0 Å². The number of benzene rings is 1. The SMILES string of the molecule is COC(CC(F)(F)C(F)(F)C(F)(F)C(F)(F)C(F)(F)C(F)(F)C(F)(F)F)c1ccccc1OC(C)(C)C. The summed E-state index contributed by atoms with van der Waals surface area (Å²) in [6.07, 6.45) is -12.7. The molecule has 0 fully saturated rings. The first kappa shape index (κ1) is 33.0. The molecule has 1 atom stereocenters. The van der Waals surface area contributed by atoms with Gasteiger partial charge in [-0.25, -0.2) is 0 Å². The fourth-order valence-electron chi connectivity index (χ4n) is 2.85. The number of alkyl halides is 15. The van der Waals surface area contributed by atoms with Crippen LogP contribution in [-0.2, 0) is 4.74 Å². The molecule has 0 radical (unpaired) electrons. The molecule has 1 unspecified atom stereocenters. The summed E-state index contributed by atoms with van der Waals surface area (Å²) >= 11 is 0. The van der Waals surface area contributed by atoms with Crippen LogP contribution in [0.3, 0.4) is 0 Å². The van der Waals surface area contributed by atoms with Crippen LogP contribution in [0, 0.1) is 0 Å². The van der Waals surface area contributed by atoms with Gasteiger partial charge in [-0.1, -0.05) is 18.2 Å². The molecule has 0 aliphatic carbocycles. The first-order valence-electron chi connectivity index (χ1n) is 9.76. The molecule has 37 heavy (non-hydrogen) atoms. The van der Waals surface area contributed by atoms with E-state index < -0.39 is 65.4 Å². The highest BCUT2D eigenvalue weighted by Crippen LogP contribution is 2.63. The molecular weight excluding hydrogens is 557 g/mol. The van der Waals surface area contributed by atoms with Crippen molar-refractivity contribution in [2.24, 2.45) is 0 Å². The van der Waals surface area contributed by atoms with E-state index in [1.807, 2.05) is 0 Å². The van der Waals surface area contributed by atoms with Crippen molar-refractivity contribution in [2.75, 3.05) is 7.11 Å². The number of halogens is 15. The Labute approximate surface area is 199 Å². The van der Waals surface area contributed by atoms with Crippen molar-refractivity contribution >= 4 is 0 Å². The predicted molar refractivity (Wildman–Crippen MR) is 96.9 cm³/mol. The van der Waals surface area contributed by atoms with E-state index >= 15 is 0 Å². The molecule has 0 aliphatic heterocycles. The van der Waals surface area contributed by atoms with Crippen LogP contribution in [0.25, 0.3) is 0 Å². The average Bonchev–Trinajstić information content (AvgIpc) is 2.69. The van der Waals surface area contributed by atoms with Crippen molar-refractivity contribution in [3.05, 3.63) is 29.8 Å². The second kappa shape index (κ2) is 9.59. The van der Waals surface area contributed by atoms with E-state index in [9.17, 15) is 65.9 Å². The quantitative estimate of drug-likeness (QED) is 0.261. The smallest absolute Gasteiger partial charge is 0.460 e. The molecule has 1 aromatic carbocycles. The molecule has 1 rings (SSSR count). The molecule has 0 amide bonds. The number of hydrogen-bond acceptors (Lipinski definition) is 2. The van der Waals surface area contributed by atoms with Crippen LogP contribution in [0.4, 0.5) is 65.9 Å². The minimum absolute atomic E-state index is 0.339. The predicted octanol–water partition coefficient (Wildman–Crippen LogP) is 8.32. The van der Waals surface area contributed by atoms with Crippen LogP contribution >= 0.6 is 0 Å². The lowest BCUT2D eigenvalue weighted by atomic mass is 9.88. The van der Waals surface area contributed by atoms with Gasteiger partial charge in [0.2, 0.25) is 0 Å². The van der Waals surface area contributed by atoms with Gasteiger partial charge in [-0.15, -0.1) is 0 Å². The Hall–Kier alpha value is -2.07. The molecule has 17 heteroatoms. The maximum absolute atomic E-state index is 14.4. The maximum atomic E-state index is 14.4.